The summed E-state index contributed by atoms with van der Waals surface area (Å²) in [5.74, 6) is 1.15. The van der Waals surface area contributed by atoms with Crippen LogP contribution in [-0.4, -0.2) is 24.9 Å². The van der Waals surface area contributed by atoms with Crippen LogP contribution in [0.1, 0.15) is 5.56 Å². The van der Waals surface area contributed by atoms with Crippen LogP contribution in [0.15, 0.2) is 16.8 Å². The van der Waals surface area contributed by atoms with Crippen molar-refractivity contribution in [1.82, 2.24) is 0 Å². The van der Waals surface area contributed by atoms with Crippen LogP contribution in [0.5, 0.6) is 0 Å². The van der Waals surface area contributed by atoms with Gasteiger partial charge in [-0.3, -0.25) is 4.79 Å². The summed E-state index contributed by atoms with van der Waals surface area (Å²) in [7, 11) is 1.35. The van der Waals surface area contributed by atoms with Crippen LogP contribution in [0.2, 0.25) is 0 Å². The summed E-state index contributed by atoms with van der Waals surface area (Å²) in [6, 6.07) is 1.56. The van der Waals surface area contributed by atoms with Gasteiger partial charge in [-0.1, -0.05) is 0 Å². The molecule has 0 aliphatic carbocycles. The average Bonchev–Trinajstić information content (AvgIpc) is 2.69. The maximum absolute atomic E-state index is 10.9. The molecule has 1 aromatic heterocycles. The lowest BCUT2D eigenvalue weighted by Crippen LogP contribution is -2.33. The normalized spacial score (nSPS) is 12.4. The summed E-state index contributed by atoms with van der Waals surface area (Å²) in [5.41, 5.74) is 6.85. The molecule has 1 atom stereocenters. The van der Waals surface area contributed by atoms with Gasteiger partial charge in [-0.15, -0.1) is 0 Å². The molecule has 0 radical (unpaired) electrons. The minimum Gasteiger partial charge on any atom is -0.468 e. The summed E-state index contributed by atoms with van der Waals surface area (Å²) in [6.45, 7) is 0. The molecule has 0 aliphatic rings. The van der Waals surface area contributed by atoms with Crippen LogP contribution < -0.4 is 5.73 Å². The van der Waals surface area contributed by atoms with E-state index < -0.39 is 6.04 Å². The van der Waals surface area contributed by atoms with Gasteiger partial charge in [0.15, 0.2) is 0 Å². The Labute approximate surface area is 91.6 Å². The fourth-order valence-corrected chi connectivity index (χ4v) is 2.60. The minimum atomic E-state index is -0.511. The third kappa shape index (κ3) is 3.69. The monoisotopic (exact) mass is 231 g/mol. The lowest BCUT2D eigenvalue weighted by Gasteiger charge is -2.07. The first kappa shape index (κ1) is 11.6. The highest BCUT2D eigenvalue weighted by molar-refractivity contribution is 7.98. The van der Waals surface area contributed by atoms with E-state index >= 15 is 0 Å². The number of carbonyl (C=O) groups excluding carboxylic acids is 1. The Bertz CT molecular complexity index is 274. The number of rotatable bonds is 5. The molecule has 5 heteroatoms. The van der Waals surface area contributed by atoms with Crippen molar-refractivity contribution in [1.29, 1.82) is 0 Å². The van der Waals surface area contributed by atoms with Crippen LogP contribution >= 0.6 is 23.1 Å². The number of methoxy groups -OCH3 is 1. The van der Waals surface area contributed by atoms with Crippen LogP contribution in [0.3, 0.4) is 0 Å². The van der Waals surface area contributed by atoms with E-state index in [2.05, 4.69) is 16.2 Å². The molecule has 0 saturated heterocycles. The maximum atomic E-state index is 10.9. The van der Waals surface area contributed by atoms with Gasteiger partial charge in [0.1, 0.15) is 6.04 Å². The van der Waals surface area contributed by atoms with Crippen molar-refractivity contribution in [3.05, 3.63) is 22.4 Å². The van der Waals surface area contributed by atoms with E-state index in [0.29, 0.717) is 5.75 Å². The summed E-state index contributed by atoms with van der Waals surface area (Å²) in [6.07, 6.45) is 0. The first-order valence-corrected chi connectivity index (χ1v) is 6.26. The van der Waals surface area contributed by atoms with Gasteiger partial charge in [-0.05, 0) is 22.4 Å². The van der Waals surface area contributed by atoms with E-state index in [-0.39, 0.29) is 5.97 Å². The van der Waals surface area contributed by atoms with E-state index in [0.717, 1.165) is 5.75 Å². The first-order chi connectivity index (χ1) is 6.74. The molecular formula is C9H13NO2S2. The molecule has 0 saturated carbocycles. The van der Waals surface area contributed by atoms with E-state index in [1.54, 1.807) is 23.1 Å². The number of esters is 1. The molecule has 0 aliphatic heterocycles. The van der Waals surface area contributed by atoms with Crippen LogP contribution in [0, 0.1) is 0 Å². The molecule has 1 unspecified atom stereocenters. The Kier molecular flexibility index (Phi) is 5.00. The Morgan fingerprint density at radius 3 is 3.14 bits per heavy atom. The van der Waals surface area contributed by atoms with Gasteiger partial charge in [0.05, 0.1) is 7.11 Å². The molecule has 1 rings (SSSR count). The molecule has 1 aromatic rings. The van der Waals surface area contributed by atoms with Crippen LogP contribution in [0.25, 0.3) is 0 Å². The molecular weight excluding hydrogens is 218 g/mol. The van der Waals surface area contributed by atoms with Crippen molar-refractivity contribution in [2.24, 2.45) is 5.73 Å². The molecule has 0 aromatic carbocycles. The van der Waals surface area contributed by atoms with E-state index in [1.165, 1.54) is 12.7 Å². The van der Waals surface area contributed by atoms with Gasteiger partial charge in [0.25, 0.3) is 0 Å². The molecule has 0 fully saturated rings. The molecule has 0 bridgehead atoms. The van der Waals surface area contributed by atoms with Gasteiger partial charge in [-0.2, -0.15) is 23.1 Å². The van der Waals surface area contributed by atoms with Crippen molar-refractivity contribution < 1.29 is 9.53 Å². The smallest absolute Gasteiger partial charge is 0.323 e. The Morgan fingerprint density at radius 1 is 1.79 bits per heavy atom. The van der Waals surface area contributed by atoms with E-state index in [1.807, 2.05) is 5.38 Å². The SMILES string of the molecule is COC(=O)C(N)CSCc1ccsc1. The summed E-state index contributed by atoms with van der Waals surface area (Å²) in [4.78, 5) is 10.9. The predicted octanol–water partition coefficient (Wildman–Crippen LogP) is 1.48. The number of hydrogen-bond donors (Lipinski definition) is 1. The summed E-state index contributed by atoms with van der Waals surface area (Å²) in [5, 5.41) is 4.13. The van der Waals surface area contributed by atoms with E-state index in [9.17, 15) is 4.79 Å². The van der Waals surface area contributed by atoms with Gasteiger partial charge < -0.3 is 10.5 Å². The summed E-state index contributed by atoms with van der Waals surface area (Å²) < 4.78 is 4.52. The predicted molar refractivity (Wildman–Crippen MR) is 60.5 cm³/mol. The Hall–Kier alpha value is -0.520. The van der Waals surface area contributed by atoms with Crippen molar-refractivity contribution in [2.45, 2.75) is 11.8 Å². The summed E-state index contributed by atoms with van der Waals surface area (Å²) >= 11 is 3.32. The second kappa shape index (κ2) is 6.06. The average molecular weight is 231 g/mol. The standard InChI is InChI=1S/C9H13NO2S2/c1-12-9(11)8(10)6-14-5-7-2-3-13-4-7/h2-4,8H,5-6,10H2,1H3. The first-order valence-electron chi connectivity index (χ1n) is 4.16. The van der Waals surface area contributed by atoms with Crippen molar-refractivity contribution in [3.63, 3.8) is 0 Å². The van der Waals surface area contributed by atoms with Crippen molar-refractivity contribution in [2.75, 3.05) is 12.9 Å². The van der Waals surface area contributed by atoms with Gasteiger partial charge in [0, 0.05) is 11.5 Å². The maximum Gasteiger partial charge on any atom is 0.323 e. The highest BCUT2D eigenvalue weighted by atomic mass is 32.2. The third-order valence-electron chi connectivity index (χ3n) is 1.65. The topological polar surface area (TPSA) is 52.3 Å². The van der Waals surface area contributed by atoms with Crippen molar-refractivity contribution in [3.8, 4) is 0 Å². The largest absolute Gasteiger partial charge is 0.468 e. The zero-order valence-corrected chi connectivity index (χ0v) is 9.57. The lowest BCUT2D eigenvalue weighted by molar-refractivity contribution is -0.141. The fraction of sp³-hybridized carbons (Fsp3) is 0.444. The zero-order chi connectivity index (χ0) is 10.4. The molecule has 2 N–H and O–H groups in total. The highest BCUT2D eigenvalue weighted by Gasteiger charge is 2.12. The van der Waals surface area contributed by atoms with Crippen molar-refractivity contribution >= 4 is 29.1 Å². The zero-order valence-electron chi connectivity index (χ0n) is 7.93. The number of carbonyl (C=O) groups is 1. The number of ether oxygens (including phenoxy) is 1. The minimum absolute atomic E-state index is 0.345. The quantitative estimate of drug-likeness (QED) is 0.780. The molecule has 0 amide bonds. The number of thioether (sulfide) groups is 1. The molecule has 78 valence electrons. The Morgan fingerprint density at radius 2 is 2.57 bits per heavy atom. The fourth-order valence-electron chi connectivity index (χ4n) is 0.898. The molecule has 3 nitrogen and oxygen atoms in total. The van der Waals surface area contributed by atoms with Gasteiger partial charge in [-0.25, -0.2) is 0 Å². The van der Waals surface area contributed by atoms with E-state index in [4.69, 9.17) is 5.73 Å². The van der Waals surface area contributed by atoms with Crippen LogP contribution in [-0.2, 0) is 15.3 Å². The van der Waals surface area contributed by atoms with Gasteiger partial charge in [0.2, 0.25) is 0 Å². The Balaban J connectivity index is 2.18. The second-order valence-corrected chi connectivity index (χ2v) is 4.59. The number of nitrogens with two attached hydrogens (primary N) is 1. The second-order valence-electron chi connectivity index (χ2n) is 2.78. The highest BCUT2D eigenvalue weighted by Crippen LogP contribution is 2.15. The number of hydrogen-bond acceptors (Lipinski definition) is 5. The molecule has 14 heavy (non-hydrogen) atoms. The molecule has 1 heterocycles. The third-order valence-corrected chi connectivity index (χ3v) is 3.51. The van der Waals surface area contributed by atoms with Gasteiger partial charge >= 0.3 is 5.97 Å². The molecule has 0 spiro atoms. The lowest BCUT2D eigenvalue weighted by atomic mass is 10.4. The number of thiophene rings is 1. The van der Waals surface area contributed by atoms with Crippen LogP contribution in [0.4, 0.5) is 0 Å².